The smallest absolute Gasteiger partial charge is 0.781 e. The molecule has 0 N–H and O–H groups in total. The van der Waals surface area contributed by atoms with Crippen LogP contribution in [0.2, 0.25) is 0 Å². The van der Waals surface area contributed by atoms with E-state index in [-0.39, 0.29) is 29.6 Å². The molecule has 1 unspecified atom stereocenters. The molecule has 0 aliphatic heterocycles. The maximum atomic E-state index is 10.1. The zero-order valence-corrected chi connectivity index (χ0v) is 14.5. The molecule has 0 aliphatic rings. The molecule has 17 heavy (non-hydrogen) atoms. The van der Waals surface area contributed by atoms with E-state index in [1.54, 1.807) is 0 Å². The number of hydrogen-bond acceptors (Lipinski definition) is 3. The van der Waals surface area contributed by atoms with Gasteiger partial charge in [-0.25, -0.2) is 0 Å². The van der Waals surface area contributed by atoms with E-state index in [0.29, 0.717) is 6.61 Å². The Bertz CT molecular complexity index is 168. The third-order valence-corrected chi connectivity index (χ3v) is 3.16. The predicted molar refractivity (Wildman–Crippen MR) is 66.8 cm³/mol. The number of unbranched alkanes of at least 4 members (excludes halogenated alkanes) is 9. The summed E-state index contributed by atoms with van der Waals surface area (Å²) in [5.74, 6) is 0. The molecule has 0 fully saturated rings. The van der Waals surface area contributed by atoms with E-state index >= 15 is 0 Å². The molecule has 3 nitrogen and oxygen atoms in total. The SMILES string of the molecule is CCCCCCCCCCCCO[PH](=O)[O-].[Na+]. The van der Waals surface area contributed by atoms with Crippen LogP contribution in [0.1, 0.15) is 71.1 Å². The molecule has 0 rings (SSSR count). The topological polar surface area (TPSA) is 49.4 Å². The Kier molecular flexibility index (Phi) is 20.6. The van der Waals surface area contributed by atoms with Crippen molar-refractivity contribution in [2.75, 3.05) is 6.61 Å². The van der Waals surface area contributed by atoms with Gasteiger partial charge in [0, 0.05) is 0 Å². The second-order valence-corrected chi connectivity index (χ2v) is 5.07. The van der Waals surface area contributed by atoms with Crippen LogP contribution in [-0.2, 0) is 9.09 Å². The van der Waals surface area contributed by atoms with E-state index in [1.165, 1.54) is 51.4 Å². The summed E-state index contributed by atoms with van der Waals surface area (Å²) in [6.45, 7) is 2.61. The third-order valence-electron chi connectivity index (χ3n) is 2.72. The fraction of sp³-hybridized carbons (Fsp3) is 1.00. The van der Waals surface area contributed by atoms with Crippen LogP contribution in [-0.4, -0.2) is 6.61 Å². The van der Waals surface area contributed by atoms with Gasteiger partial charge in [0.1, 0.15) is 8.25 Å². The van der Waals surface area contributed by atoms with Crippen LogP contribution in [0.25, 0.3) is 0 Å². The molecule has 0 aromatic carbocycles. The van der Waals surface area contributed by atoms with Crippen molar-refractivity contribution < 1.29 is 43.5 Å². The summed E-state index contributed by atoms with van der Waals surface area (Å²) in [4.78, 5) is 10.1. The van der Waals surface area contributed by atoms with Gasteiger partial charge in [-0.05, 0) is 6.42 Å². The van der Waals surface area contributed by atoms with Crippen molar-refractivity contribution in [1.82, 2.24) is 0 Å². The number of hydrogen-bond donors (Lipinski definition) is 0. The molecule has 0 radical (unpaired) electrons. The van der Waals surface area contributed by atoms with Crippen molar-refractivity contribution in [3.63, 3.8) is 0 Å². The molecule has 0 saturated heterocycles. The molecule has 0 bridgehead atoms. The molecule has 98 valence electrons. The van der Waals surface area contributed by atoms with Gasteiger partial charge < -0.3 is 14.0 Å². The first-order valence-electron chi connectivity index (χ1n) is 6.61. The Balaban J connectivity index is 0. The maximum absolute atomic E-state index is 10.1. The Morgan fingerprint density at radius 3 is 1.71 bits per heavy atom. The van der Waals surface area contributed by atoms with Crippen molar-refractivity contribution in [3.05, 3.63) is 0 Å². The van der Waals surface area contributed by atoms with E-state index in [2.05, 4.69) is 11.4 Å². The molecule has 0 amide bonds. The first kappa shape index (κ1) is 20.5. The van der Waals surface area contributed by atoms with Gasteiger partial charge in [-0.15, -0.1) is 0 Å². The molecule has 0 aromatic heterocycles. The van der Waals surface area contributed by atoms with Gasteiger partial charge in [-0.3, -0.25) is 0 Å². The second-order valence-electron chi connectivity index (χ2n) is 4.28. The zero-order chi connectivity index (χ0) is 12.1. The quantitative estimate of drug-likeness (QED) is 0.298. The van der Waals surface area contributed by atoms with Crippen molar-refractivity contribution in [2.24, 2.45) is 0 Å². The average molecular weight is 272 g/mol. The predicted octanol–water partition coefficient (Wildman–Crippen LogP) is 0.678. The molecule has 0 saturated carbocycles. The molecule has 5 heteroatoms. The summed E-state index contributed by atoms with van der Waals surface area (Å²) in [6.07, 6.45) is 12.5. The maximum Gasteiger partial charge on any atom is 1.00 e. The molecular formula is C12H26NaO3P. The molecule has 0 aromatic rings. The van der Waals surface area contributed by atoms with Gasteiger partial charge in [0.25, 0.3) is 0 Å². The van der Waals surface area contributed by atoms with Gasteiger partial charge >= 0.3 is 29.6 Å². The van der Waals surface area contributed by atoms with E-state index in [0.717, 1.165) is 12.8 Å². The first-order chi connectivity index (χ1) is 7.77. The van der Waals surface area contributed by atoms with E-state index in [9.17, 15) is 9.46 Å². The fourth-order valence-electron chi connectivity index (χ4n) is 1.75. The minimum atomic E-state index is -2.94. The Morgan fingerprint density at radius 1 is 0.882 bits per heavy atom. The Labute approximate surface area is 129 Å². The standard InChI is InChI=1S/C12H27O3P.Na/c1-2-3-4-5-6-7-8-9-10-11-12-15-16(13)14;/h16H,2-12H2,1H3,(H,13,14);/q;+1/p-1. The third kappa shape index (κ3) is 19.7. The van der Waals surface area contributed by atoms with Crippen molar-refractivity contribution in [2.45, 2.75) is 71.1 Å². The van der Waals surface area contributed by atoms with Gasteiger partial charge in [-0.1, -0.05) is 64.7 Å². The molecule has 0 heterocycles. The van der Waals surface area contributed by atoms with Crippen LogP contribution in [0, 0.1) is 0 Å². The van der Waals surface area contributed by atoms with Gasteiger partial charge in [0.2, 0.25) is 0 Å². The summed E-state index contributed by atoms with van der Waals surface area (Å²) in [5, 5.41) is 0. The molecule has 0 spiro atoms. The monoisotopic (exact) mass is 272 g/mol. The minimum Gasteiger partial charge on any atom is -0.781 e. The minimum absolute atomic E-state index is 0. The van der Waals surface area contributed by atoms with Crippen molar-refractivity contribution >= 4 is 8.25 Å². The molecule has 0 aliphatic carbocycles. The van der Waals surface area contributed by atoms with Gasteiger partial charge in [-0.2, -0.15) is 0 Å². The average Bonchev–Trinajstić information content (AvgIpc) is 2.25. The number of rotatable bonds is 12. The normalized spacial score (nSPS) is 12.1. The van der Waals surface area contributed by atoms with Crippen LogP contribution in [0.4, 0.5) is 0 Å². The zero-order valence-electron chi connectivity index (χ0n) is 11.5. The molecule has 1 atom stereocenters. The Morgan fingerprint density at radius 2 is 1.29 bits per heavy atom. The molecular weight excluding hydrogens is 246 g/mol. The van der Waals surface area contributed by atoms with Crippen LogP contribution < -0.4 is 34.5 Å². The van der Waals surface area contributed by atoms with E-state index in [1.807, 2.05) is 0 Å². The van der Waals surface area contributed by atoms with Crippen molar-refractivity contribution in [3.8, 4) is 0 Å². The van der Waals surface area contributed by atoms with Crippen LogP contribution in [0.5, 0.6) is 0 Å². The summed E-state index contributed by atoms with van der Waals surface area (Å²) in [7, 11) is -2.94. The van der Waals surface area contributed by atoms with E-state index in [4.69, 9.17) is 0 Å². The van der Waals surface area contributed by atoms with Crippen LogP contribution in [0.3, 0.4) is 0 Å². The summed E-state index contributed by atoms with van der Waals surface area (Å²) >= 11 is 0. The largest absolute Gasteiger partial charge is 1.00 e. The Hall–Kier alpha value is 1.15. The fourth-order valence-corrected chi connectivity index (χ4v) is 2.06. The van der Waals surface area contributed by atoms with Crippen LogP contribution in [0.15, 0.2) is 0 Å². The summed E-state index contributed by atoms with van der Waals surface area (Å²) in [5.41, 5.74) is 0. The first-order valence-corrected chi connectivity index (χ1v) is 7.83. The van der Waals surface area contributed by atoms with Crippen molar-refractivity contribution in [1.29, 1.82) is 0 Å². The van der Waals surface area contributed by atoms with Crippen LogP contribution >= 0.6 is 8.25 Å². The van der Waals surface area contributed by atoms with Gasteiger partial charge in [0.05, 0.1) is 6.61 Å². The summed E-state index contributed by atoms with van der Waals surface area (Å²) in [6, 6.07) is 0. The van der Waals surface area contributed by atoms with E-state index < -0.39 is 8.25 Å². The second kappa shape index (κ2) is 17.2. The van der Waals surface area contributed by atoms with Gasteiger partial charge in [0.15, 0.2) is 0 Å². The summed E-state index contributed by atoms with van der Waals surface area (Å²) < 4.78 is 14.6.